The van der Waals surface area contributed by atoms with Crippen LogP contribution in [-0.2, 0) is 0 Å². The van der Waals surface area contributed by atoms with E-state index in [1.54, 1.807) is 19.2 Å². The Labute approximate surface area is 213 Å². The molecule has 2 aliphatic heterocycles. The number of alkyl halides is 2. The Hall–Kier alpha value is -2.10. The molecule has 2 atom stereocenters. The number of rotatable bonds is 5. The van der Waals surface area contributed by atoms with Crippen LogP contribution >= 0.6 is 22.6 Å². The van der Waals surface area contributed by atoms with E-state index in [4.69, 9.17) is 4.74 Å². The average Bonchev–Trinajstić information content (AvgIpc) is 3.49. The summed E-state index contributed by atoms with van der Waals surface area (Å²) >= 11 is 2.29. The molecule has 5 rings (SSSR count). The highest BCUT2D eigenvalue weighted by Gasteiger charge is 2.52. The second-order valence-electron chi connectivity index (χ2n) is 10.1. The Bertz CT molecular complexity index is 1100. The number of amides is 1. The van der Waals surface area contributed by atoms with Crippen LogP contribution in [0.2, 0.25) is 0 Å². The van der Waals surface area contributed by atoms with Crippen molar-refractivity contribution in [1.82, 2.24) is 0 Å². The molecule has 0 aromatic heterocycles. The van der Waals surface area contributed by atoms with Crippen LogP contribution < -0.4 is 19.9 Å². The lowest BCUT2D eigenvalue weighted by Crippen LogP contribution is -2.39. The van der Waals surface area contributed by atoms with E-state index in [-0.39, 0.29) is 31.8 Å². The zero-order valence-corrected chi connectivity index (χ0v) is 21.7. The van der Waals surface area contributed by atoms with E-state index in [0.29, 0.717) is 28.3 Å². The summed E-state index contributed by atoms with van der Waals surface area (Å²) in [6.07, 6.45) is 2.05. The van der Waals surface area contributed by atoms with Gasteiger partial charge in [0.1, 0.15) is 5.75 Å². The Morgan fingerprint density at radius 2 is 1.79 bits per heavy atom. The van der Waals surface area contributed by atoms with Gasteiger partial charge in [0.05, 0.1) is 24.0 Å². The number of methoxy groups -OCH3 is 1. The topological polar surface area (TPSA) is 44.8 Å². The number of carbonyl (C=O) groups excluding carboxylic acids is 1. The number of halogens is 3. The van der Waals surface area contributed by atoms with E-state index in [9.17, 15) is 13.6 Å². The van der Waals surface area contributed by atoms with Crippen LogP contribution in [0.3, 0.4) is 0 Å². The highest BCUT2D eigenvalue weighted by molar-refractivity contribution is 14.1. The van der Waals surface area contributed by atoms with Crippen LogP contribution in [0.25, 0.3) is 0 Å². The van der Waals surface area contributed by atoms with Crippen LogP contribution in [-0.4, -0.2) is 45.1 Å². The van der Waals surface area contributed by atoms with Gasteiger partial charge in [0, 0.05) is 48.3 Å². The number of benzene rings is 2. The largest absolute Gasteiger partial charge is 0.495 e. The summed E-state index contributed by atoms with van der Waals surface area (Å²) in [4.78, 5) is 17.6. The molecule has 2 saturated heterocycles. The number of carbonyl (C=O) groups is 1. The van der Waals surface area contributed by atoms with Gasteiger partial charge in [0.2, 0.25) is 0 Å². The predicted octanol–water partition coefficient (Wildman–Crippen LogP) is 6.02. The summed E-state index contributed by atoms with van der Waals surface area (Å²) in [5.41, 5.74) is 3.46. The van der Waals surface area contributed by atoms with E-state index < -0.39 is 5.92 Å². The van der Waals surface area contributed by atoms with Crippen molar-refractivity contribution in [2.45, 2.75) is 38.5 Å². The molecule has 2 heterocycles. The molecular weight excluding hydrogens is 551 g/mol. The number of ether oxygens (including phenoxy) is 1. The van der Waals surface area contributed by atoms with Gasteiger partial charge in [-0.2, -0.15) is 0 Å². The minimum absolute atomic E-state index is 0.170. The molecule has 1 N–H and O–H groups in total. The number of hydrogen-bond acceptors (Lipinski definition) is 4. The summed E-state index contributed by atoms with van der Waals surface area (Å²) in [6.45, 7) is 4.80. The van der Waals surface area contributed by atoms with Gasteiger partial charge in [0.25, 0.3) is 11.8 Å². The first-order valence-corrected chi connectivity index (χ1v) is 12.9. The normalized spacial score (nSPS) is 25.5. The summed E-state index contributed by atoms with van der Waals surface area (Å²) < 4.78 is 33.9. The lowest BCUT2D eigenvalue weighted by atomic mass is 9.96. The quantitative estimate of drug-likeness (QED) is 0.439. The van der Waals surface area contributed by atoms with Crippen molar-refractivity contribution in [2.24, 2.45) is 11.3 Å². The van der Waals surface area contributed by atoms with Crippen molar-refractivity contribution in [3.63, 3.8) is 0 Å². The third-order valence-electron chi connectivity index (χ3n) is 7.75. The monoisotopic (exact) mass is 581 g/mol. The van der Waals surface area contributed by atoms with Crippen molar-refractivity contribution in [3.8, 4) is 5.75 Å². The van der Waals surface area contributed by atoms with Gasteiger partial charge in [-0.15, -0.1) is 0 Å². The molecule has 8 heteroatoms. The standard InChI is InChI=1S/C26H30F2IN3O2/c1-25-7-10-32(16-17(25)15-25)21-13-18(29)3-5-20(21)24(33)30-19-4-6-23(34-2)22(14-19)31-11-8-26(27,28)9-12-31/h3-6,13-14,17H,7-12,15-16H2,1-2H3,(H,30,33). The fraction of sp³-hybridized carbons (Fsp3) is 0.500. The Kier molecular flexibility index (Phi) is 6.14. The van der Waals surface area contributed by atoms with Gasteiger partial charge in [-0.05, 0) is 83.2 Å². The van der Waals surface area contributed by atoms with Gasteiger partial charge in [-0.3, -0.25) is 4.79 Å². The smallest absolute Gasteiger partial charge is 0.257 e. The molecule has 5 nitrogen and oxygen atoms in total. The molecule has 1 amide bonds. The fourth-order valence-electron chi connectivity index (χ4n) is 5.31. The number of piperidine rings is 2. The van der Waals surface area contributed by atoms with E-state index >= 15 is 0 Å². The summed E-state index contributed by atoms with van der Waals surface area (Å²) in [7, 11) is 1.57. The molecule has 3 aliphatic rings. The number of nitrogens with one attached hydrogen (secondary N) is 1. The van der Waals surface area contributed by atoms with Crippen LogP contribution in [0.1, 0.15) is 43.0 Å². The van der Waals surface area contributed by atoms with Crippen molar-refractivity contribution in [3.05, 3.63) is 45.5 Å². The number of anilines is 3. The molecule has 1 aliphatic carbocycles. The molecule has 1 saturated carbocycles. The fourth-order valence-corrected chi connectivity index (χ4v) is 5.78. The third kappa shape index (κ3) is 4.70. The maximum Gasteiger partial charge on any atom is 0.257 e. The molecule has 2 aromatic carbocycles. The van der Waals surface area contributed by atoms with Crippen molar-refractivity contribution in [1.29, 1.82) is 0 Å². The Morgan fingerprint density at radius 1 is 1.06 bits per heavy atom. The Morgan fingerprint density at radius 3 is 2.50 bits per heavy atom. The number of fused-ring (bicyclic) bond motifs is 1. The lowest BCUT2D eigenvalue weighted by Gasteiger charge is -2.34. The number of hydrogen-bond donors (Lipinski definition) is 1. The van der Waals surface area contributed by atoms with Gasteiger partial charge in [-0.25, -0.2) is 8.78 Å². The van der Waals surface area contributed by atoms with Gasteiger partial charge < -0.3 is 19.9 Å². The van der Waals surface area contributed by atoms with Gasteiger partial charge in [0.15, 0.2) is 0 Å². The third-order valence-corrected chi connectivity index (χ3v) is 8.42. The predicted molar refractivity (Wildman–Crippen MR) is 140 cm³/mol. The summed E-state index contributed by atoms with van der Waals surface area (Å²) in [5, 5.41) is 3.03. The van der Waals surface area contributed by atoms with Crippen LogP contribution in [0.4, 0.5) is 25.8 Å². The first-order chi connectivity index (χ1) is 16.2. The average molecular weight is 581 g/mol. The second kappa shape index (κ2) is 8.84. The second-order valence-corrected chi connectivity index (χ2v) is 11.3. The molecular formula is C26H30F2IN3O2. The maximum absolute atomic E-state index is 13.7. The summed E-state index contributed by atoms with van der Waals surface area (Å²) in [5.74, 6) is -1.48. The molecule has 2 aromatic rings. The minimum Gasteiger partial charge on any atom is -0.495 e. The Balaban J connectivity index is 1.37. The highest BCUT2D eigenvalue weighted by atomic mass is 127. The molecule has 0 radical (unpaired) electrons. The molecule has 34 heavy (non-hydrogen) atoms. The lowest BCUT2D eigenvalue weighted by molar-refractivity contribution is -0.0221. The van der Waals surface area contributed by atoms with Crippen molar-refractivity contribution < 1.29 is 18.3 Å². The molecule has 2 unspecified atom stereocenters. The summed E-state index contributed by atoms with van der Waals surface area (Å²) in [6, 6.07) is 11.3. The molecule has 0 bridgehead atoms. The van der Waals surface area contributed by atoms with Gasteiger partial charge >= 0.3 is 0 Å². The SMILES string of the molecule is COc1ccc(NC(=O)c2ccc(I)cc2N2CCC3(C)CC3C2)cc1N1CCC(F)(F)CC1. The van der Waals surface area contributed by atoms with Crippen LogP contribution in [0, 0.1) is 14.9 Å². The first kappa shape index (κ1) is 23.6. The van der Waals surface area contributed by atoms with E-state index in [1.807, 2.05) is 23.1 Å². The van der Waals surface area contributed by atoms with Crippen molar-refractivity contribution >= 4 is 45.6 Å². The zero-order valence-electron chi connectivity index (χ0n) is 19.5. The van der Waals surface area contributed by atoms with Crippen LogP contribution in [0.15, 0.2) is 36.4 Å². The molecule has 182 valence electrons. The maximum atomic E-state index is 13.7. The van der Waals surface area contributed by atoms with E-state index in [1.165, 1.54) is 6.42 Å². The van der Waals surface area contributed by atoms with E-state index in [0.717, 1.165) is 34.5 Å². The van der Waals surface area contributed by atoms with Crippen LogP contribution in [0.5, 0.6) is 5.75 Å². The van der Waals surface area contributed by atoms with Crippen molar-refractivity contribution in [2.75, 3.05) is 48.4 Å². The number of nitrogens with zero attached hydrogens (tertiary/aromatic N) is 2. The van der Waals surface area contributed by atoms with Gasteiger partial charge in [-0.1, -0.05) is 6.92 Å². The highest BCUT2D eigenvalue weighted by Crippen LogP contribution is 2.58. The molecule has 0 spiro atoms. The van der Waals surface area contributed by atoms with E-state index in [2.05, 4.69) is 45.8 Å². The minimum atomic E-state index is -2.62. The first-order valence-electron chi connectivity index (χ1n) is 11.8. The molecule has 3 fully saturated rings. The zero-order chi connectivity index (χ0) is 24.1.